The van der Waals surface area contributed by atoms with Crippen LogP contribution >= 0.6 is 0 Å². The predicted molar refractivity (Wildman–Crippen MR) is 43.0 cm³/mol. The van der Waals surface area contributed by atoms with Crippen LogP contribution in [0.5, 0.6) is 0 Å². The Morgan fingerprint density at radius 2 is 2.27 bits per heavy atom. The third-order valence-corrected chi connectivity index (χ3v) is 2.03. The van der Waals surface area contributed by atoms with Crippen LogP contribution in [0.25, 0.3) is 0 Å². The summed E-state index contributed by atoms with van der Waals surface area (Å²) in [6, 6.07) is -0.00194. The number of urea groups is 1. The average molecular weight is 152 g/mol. The van der Waals surface area contributed by atoms with E-state index in [4.69, 9.17) is 6.42 Å². The third kappa shape index (κ3) is 1.30. The first kappa shape index (κ1) is 7.93. The highest BCUT2D eigenvalue weighted by atomic mass is 16.2. The average Bonchev–Trinajstić information content (AvgIpc) is 2.01. The zero-order chi connectivity index (χ0) is 8.43. The normalized spacial score (nSPS) is 25.2. The van der Waals surface area contributed by atoms with Gasteiger partial charge in [-0.15, -0.1) is 6.42 Å². The van der Waals surface area contributed by atoms with E-state index in [2.05, 4.69) is 5.92 Å². The molecule has 1 saturated heterocycles. The first-order chi connectivity index (χ1) is 5.16. The van der Waals surface area contributed by atoms with E-state index < -0.39 is 0 Å². The van der Waals surface area contributed by atoms with Crippen molar-refractivity contribution in [1.29, 1.82) is 0 Å². The molecule has 0 N–H and O–H groups in total. The summed E-state index contributed by atoms with van der Waals surface area (Å²) in [7, 11) is 3.52. The monoisotopic (exact) mass is 152 g/mol. The minimum Gasteiger partial charge on any atom is -0.328 e. The van der Waals surface area contributed by atoms with Gasteiger partial charge in [-0.05, 0) is 6.42 Å². The van der Waals surface area contributed by atoms with Crippen molar-refractivity contribution < 1.29 is 4.79 Å². The zero-order valence-corrected chi connectivity index (χ0v) is 6.87. The molecule has 1 atom stereocenters. The van der Waals surface area contributed by atoms with Crippen molar-refractivity contribution in [1.82, 2.24) is 9.80 Å². The number of terminal acetylenes is 1. The van der Waals surface area contributed by atoms with Gasteiger partial charge in [-0.3, -0.25) is 0 Å². The lowest BCUT2D eigenvalue weighted by Crippen LogP contribution is -2.50. The number of amides is 2. The van der Waals surface area contributed by atoms with Crippen LogP contribution in [0.15, 0.2) is 0 Å². The molecule has 0 radical (unpaired) electrons. The van der Waals surface area contributed by atoms with Gasteiger partial charge in [-0.2, -0.15) is 0 Å². The van der Waals surface area contributed by atoms with E-state index in [0.717, 1.165) is 13.0 Å². The number of hydrogen-bond acceptors (Lipinski definition) is 1. The second kappa shape index (κ2) is 2.83. The maximum Gasteiger partial charge on any atom is 0.320 e. The molecule has 0 aromatic heterocycles. The molecule has 60 valence electrons. The van der Waals surface area contributed by atoms with Crippen LogP contribution in [-0.4, -0.2) is 42.5 Å². The Labute approximate surface area is 67.0 Å². The summed E-state index contributed by atoms with van der Waals surface area (Å²) in [6.45, 7) is 0.762. The SMILES string of the molecule is C#C[C@H]1CCN(C)C(=O)N1C. The van der Waals surface area contributed by atoms with E-state index in [0.29, 0.717) is 0 Å². The Balaban J connectivity index is 2.68. The zero-order valence-electron chi connectivity index (χ0n) is 6.87. The molecule has 0 aliphatic carbocycles. The Morgan fingerprint density at radius 1 is 1.64 bits per heavy atom. The fourth-order valence-electron chi connectivity index (χ4n) is 1.20. The maximum atomic E-state index is 11.3. The summed E-state index contributed by atoms with van der Waals surface area (Å²) >= 11 is 0. The summed E-state index contributed by atoms with van der Waals surface area (Å²) in [6.07, 6.45) is 6.11. The fraction of sp³-hybridized carbons (Fsp3) is 0.625. The molecule has 0 aromatic carbocycles. The van der Waals surface area contributed by atoms with Gasteiger partial charge in [0, 0.05) is 20.6 Å². The van der Waals surface area contributed by atoms with Gasteiger partial charge in [0.05, 0.1) is 6.04 Å². The maximum absolute atomic E-state index is 11.3. The molecule has 0 aromatic rings. The van der Waals surface area contributed by atoms with Crippen molar-refractivity contribution in [3.8, 4) is 12.3 Å². The van der Waals surface area contributed by atoms with Crippen LogP contribution in [0.4, 0.5) is 4.79 Å². The summed E-state index contributed by atoms with van der Waals surface area (Å²) in [4.78, 5) is 14.5. The van der Waals surface area contributed by atoms with Crippen molar-refractivity contribution in [3.63, 3.8) is 0 Å². The molecule has 1 fully saturated rings. The first-order valence-electron chi connectivity index (χ1n) is 3.61. The Bertz CT molecular complexity index is 207. The number of rotatable bonds is 0. The van der Waals surface area contributed by atoms with Crippen molar-refractivity contribution in [2.75, 3.05) is 20.6 Å². The van der Waals surface area contributed by atoms with Gasteiger partial charge >= 0.3 is 6.03 Å². The van der Waals surface area contributed by atoms with Crippen molar-refractivity contribution in [2.24, 2.45) is 0 Å². The van der Waals surface area contributed by atoms with Gasteiger partial charge in [0.1, 0.15) is 0 Å². The molecule has 11 heavy (non-hydrogen) atoms. The molecule has 0 unspecified atom stereocenters. The minimum atomic E-state index is -0.0151. The topological polar surface area (TPSA) is 23.6 Å². The molecule has 1 heterocycles. The summed E-state index contributed by atoms with van der Waals surface area (Å²) in [5, 5.41) is 0. The fourth-order valence-corrected chi connectivity index (χ4v) is 1.20. The smallest absolute Gasteiger partial charge is 0.320 e. The van der Waals surface area contributed by atoms with Gasteiger partial charge < -0.3 is 9.80 Å². The molecule has 1 aliphatic heterocycles. The lowest BCUT2D eigenvalue weighted by Gasteiger charge is -2.34. The molecule has 0 bridgehead atoms. The standard InChI is InChI=1S/C8H12N2O/c1-4-7-5-6-9(2)8(11)10(7)3/h1,7H,5-6H2,2-3H3/t7-/m0/s1. The van der Waals surface area contributed by atoms with Gasteiger partial charge in [0.15, 0.2) is 0 Å². The van der Waals surface area contributed by atoms with Crippen LogP contribution in [0.2, 0.25) is 0 Å². The van der Waals surface area contributed by atoms with Crippen LogP contribution < -0.4 is 0 Å². The van der Waals surface area contributed by atoms with Crippen molar-refractivity contribution in [3.05, 3.63) is 0 Å². The molecule has 3 nitrogen and oxygen atoms in total. The summed E-state index contributed by atoms with van der Waals surface area (Å²) in [5.41, 5.74) is 0. The number of carbonyl (C=O) groups excluding carboxylic acids is 1. The predicted octanol–water partition coefficient (Wildman–Crippen LogP) is 0.376. The van der Waals surface area contributed by atoms with Gasteiger partial charge in [0.25, 0.3) is 0 Å². The van der Waals surface area contributed by atoms with E-state index in [-0.39, 0.29) is 12.1 Å². The molecule has 0 spiro atoms. The number of nitrogens with zero attached hydrogens (tertiary/aromatic N) is 2. The Kier molecular flexibility index (Phi) is 2.04. The first-order valence-corrected chi connectivity index (χ1v) is 3.61. The largest absolute Gasteiger partial charge is 0.328 e. The molecule has 3 heteroatoms. The van der Waals surface area contributed by atoms with Crippen LogP contribution in [0.3, 0.4) is 0 Å². The second-order valence-electron chi connectivity index (χ2n) is 2.79. The molecule has 1 rings (SSSR count). The van der Waals surface area contributed by atoms with Crippen LogP contribution in [0.1, 0.15) is 6.42 Å². The van der Waals surface area contributed by atoms with E-state index in [1.54, 1.807) is 23.9 Å². The molecule has 1 aliphatic rings. The summed E-state index contributed by atoms with van der Waals surface area (Å²) in [5.74, 6) is 2.58. The van der Waals surface area contributed by atoms with Gasteiger partial charge in [-0.1, -0.05) is 5.92 Å². The lowest BCUT2D eigenvalue weighted by atomic mass is 10.1. The van der Waals surface area contributed by atoms with E-state index >= 15 is 0 Å². The molecular weight excluding hydrogens is 140 g/mol. The van der Waals surface area contributed by atoms with Crippen molar-refractivity contribution in [2.45, 2.75) is 12.5 Å². The van der Waals surface area contributed by atoms with Gasteiger partial charge in [-0.25, -0.2) is 4.79 Å². The lowest BCUT2D eigenvalue weighted by molar-refractivity contribution is 0.139. The van der Waals surface area contributed by atoms with E-state index in [9.17, 15) is 4.79 Å². The number of hydrogen-bond donors (Lipinski definition) is 0. The van der Waals surface area contributed by atoms with E-state index in [1.165, 1.54) is 0 Å². The highest BCUT2D eigenvalue weighted by molar-refractivity contribution is 5.75. The molecule has 2 amide bonds. The third-order valence-electron chi connectivity index (χ3n) is 2.03. The highest BCUT2D eigenvalue weighted by Crippen LogP contribution is 2.11. The molecular formula is C8H12N2O. The number of carbonyl (C=O) groups is 1. The highest BCUT2D eigenvalue weighted by Gasteiger charge is 2.26. The van der Waals surface area contributed by atoms with Crippen LogP contribution in [-0.2, 0) is 0 Å². The summed E-state index contributed by atoms with van der Waals surface area (Å²) < 4.78 is 0. The van der Waals surface area contributed by atoms with Crippen molar-refractivity contribution >= 4 is 6.03 Å². The minimum absolute atomic E-state index is 0.0131. The quantitative estimate of drug-likeness (QED) is 0.460. The van der Waals surface area contributed by atoms with E-state index in [1.807, 2.05) is 0 Å². The Hall–Kier alpha value is -1.17. The second-order valence-corrected chi connectivity index (χ2v) is 2.79. The Morgan fingerprint density at radius 3 is 2.82 bits per heavy atom. The van der Waals surface area contributed by atoms with Gasteiger partial charge in [0.2, 0.25) is 0 Å². The molecule has 0 saturated carbocycles. The van der Waals surface area contributed by atoms with Crippen LogP contribution in [0, 0.1) is 12.3 Å².